The highest BCUT2D eigenvalue weighted by Crippen LogP contribution is 2.15. The van der Waals surface area contributed by atoms with Crippen molar-refractivity contribution in [3.8, 4) is 0 Å². The van der Waals surface area contributed by atoms with Gasteiger partial charge in [0.05, 0.1) is 12.3 Å². The number of sulfonamides is 1. The number of benzene rings is 2. The van der Waals surface area contributed by atoms with Crippen molar-refractivity contribution in [2.75, 3.05) is 38.0 Å². The topological polar surface area (TPSA) is 69.7 Å². The summed E-state index contributed by atoms with van der Waals surface area (Å²) in [4.78, 5) is 14.3. The summed E-state index contributed by atoms with van der Waals surface area (Å²) in [6, 6.07) is 15.2. The molecule has 3 rings (SSSR count). The molecule has 0 aliphatic carbocycles. The van der Waals surface area contributed by atoms with Gasteiger partial charge in [0, 0.05) is 31.9 Å². The molecule has 1 aliphatic rings. The zero-order valence-corrected chi connectivity index (χ0v) is 17.2. The SMILES string of the molecule is Cc1cc(C)cc(NC(=O)CN2CCN(S(=O)(=O)Cc3ccccc3)CC2)c1. The normalized spacial score (nSPS) is 16.1. The van der Waals surface area contributed by atoms with Crippen molar-refractivity contribution in [3.05, 3.63) is 65.2 Å². The molecule has 7 heteroatoms. The van der Waals surface area contributed by atoms with Gasteiger partial charge in [-0.25, -0.2) is 8.42 Å². The first-order chi connectivity index (χ1) is 13.3. The summed E-state index contributed by atoms with van der Waals surface area (Å²) in [6.45, 7) is 6.18. The second-order valence-electron chi connectivity index (χ2n) is 7.34. The van der Waals surface area contributed by atoms with Gasteiger partial charge in [-0.1, -0.05) is 36.4 Å². The molecule has 0 saturated carbocycles. The van der Waals surface area contributed by atoms with Crippen LogP contribution in [-0.2, 0) is 20.6 Å². The minimum Gasteiger partial charge on any atom is -0.325 e. The smallest absolute Gasteiger partial charge is 0.238 e. The van der Waals surface area contributed by atoms with E-state index in [1.165, 1.54) is 4.31 Å². The van der Waals surface area contributed by atoms with Gasteiger partial charge in [0.1, 0.15) is 0 Å². The number of hydrogen-bond acceptors (Lipinski definition) is 4. The van der Waals surface area contributed by atoms with Crippen LogP contribution in [0.1, 0.15) is 16.7 Å². The highest BCUT2D eigenvalue weighted by Gasteiger charge is 2.27. The van der Waals surface area contributed by atoms with E-state index in [1.807, 2.05) is 61.2 Å². The number of carbonyl (C=O) groups excluding carboxylic acids is 1. The first-order valence-corrected chi connectivity index (χ1v) is 11.0. The minimum absolute atomic E-state index is 0.0149. The zero-order valence-electron chi connectivity index (χ0n) is 16.4. The number of nitrogens with zero attached hydrogens (tertiary/aromatic N) is 2. The summed E-state index contributed by atoms with van der Waals surface area (Å²) in [5, 5.41) is 2.93. The van der Waals surface area contributed by atoms with E-state index in [-0.39, 0.29) is 18.2 Å². The molecule has 0 bridgehead atoms. The predicted octanol–water partition coefficient (Wildman–Crippen LogP) is 2.39. The number of amides is 1. The summed E-state index contributed by atoms with van der Waals surface area (Å²) >= 11 is 0. The quantitative estimate of drug-likeness (QED) is 0.807. The molecule has 0 atom stereocenters. The number of carbonyl (C=O) groups is 1. The van der Waals surface area contributed by atoms with E-state index in [0.717, 1.165) is 22.4 Å². The Hall–Kier alpha value is -2.22. The summed E-state index contributed by atoms with van der Waals surface area (Å²) in [5.41, 5.74) is 3.80. The molecule has 0 unspecified atom stereocenters. The average molecular weight is 402 g/mol. The molecule has 0 spiro atoms. The Kier molecular flexibility index (Phi) is 6.49. The van der Waals surface area contributed by atoms with Crippen LogP contribution in [0.25, 0.3) is 0 Å². The number of rotatable bonds is 6. The Bertz CT molecular complexity index is 901. The molecule has 150 valence electrons. The number of hydrogen-bond donors (Lipinski definition) is 1. The van der Waals surface area contributed by atoms with Gasteiger partial charge in [-0.15, -0.1) is 0 Å². The van der Waals surface area contributed by atoms with E-state index in [4.69, 9.17) is 0 Å². The Morgan fingerprint density at radius 3 is 2.18 bits per heavy atom. The Morgan fingerprint density at radius 2 is 1.57 bits per heavy atom. The maximum Gasteiger partial charge on any atom is 0.238 e. The van der Waals surface area contributed by atoms with Gasteiger partial charge in [-0.3, -0.25) is 9.69 Å². The third-order valence-corrected chi connectivity index (χ3v) is 6.64. The van der Waals surface area contributed by atoms with Gasteiger partial charge in [-0.2, -0.15) is 4.31 Å². The van der Waals surface area contributed by atoms with E-state index in [2.05, 4.69) is 11.4 Å². The molecule has 1 aliphatic heterocycles. The molecule has 2 aromatic rings. The summed E-state index contributed by atoms with van der Waals surface area (Å²) in [7, 11) is -3.34. The van der Waals surface area contributed by atoms with E-state index in [1.54, 1.807) is 0 Å². The largest absolute Gasteiger partial charge is 0.325 e. The van der Waals surface area contributed by atoms with Crippen LogP contribution in [-0.4, -0.2) is 56.3 Å². The second-order valence-corrected chi connectivity index (χ2v) is 9.31. The van der Waals surface area contributed by atoms with Gasteiger partial charge in [0.15, 0.2) is 0 Å². The van der Waals surface area contributed by atoms with Gasteiger partial charge in [-0.05, 0) is 42.7 Å². The average Bonchev–Trinajstić information content (AvgIpc) is 2.61. The summed E-state index contributed by atoms with van der Waals surface area (Å²) in [5.74, 6) is -0.0632. The summed E-state index contributed by atoms with van der Waals surface area (Å²) < 4.78 is 26.8. The molecule has 0 radical (unpaired) electrons. The highest BCUT2D eigenvalue weighted by atomic mass is 32.2. The Balaban J connectivity index is 1.50. The predicted molar refractivity (Wildman–Crippen MR) is 112 cm³/mol. The van der Waals surface area contributed by atoms with Crippen LogP contribution in [0.3, 0.4) is 0 Å². The first-order valence-electron chi connectivity index (χ1n) is 9.44. The first kappa shape index (κ1) is 20.5. The number of anilines is 1. The molecule has 0 aromatic heterocycles. The van der Waals surface area contributed by atoms with E-state index in [0.29, 0.717) is 26.2 Å². The lowest BCUT2D eigenvalue weighted by atomic mass is 10.1. The molecule has 1 N–H and O–H groups in total. The molecule has 2 aromatic carbocycles. The molecule has 1 heterocycles. The standard InChI is InChI=1S/C21H27N3O3S/c1-17-12-18(2)14-20(13-17)22-21(25)15-23-8-10-24(11-9-23)28(26,27)16-19-6-4-3-5-7-19/h3-7,12-14H,8-11,15-16H2,1-2H3,(H,22,25). The number of piperazine rings is 1. The fourth-order valence-corrected chi connectivity index (χ4v) is 5.01. The maximum atomic E-state index is 12.6. The van der Waals surface area contributed by atoms with Crippen LogP contribution in [0.5, 0.6) is 0 Å². The fraction of sp³-hybridized carbons (Fsp3) is 0.381. The van der Waals surface area contributed by atoms with Gasteiger partial charge < -0.3 is 5.32 Å². The van der Waals surface area contributed by atoms with Crippen LogP contribution in [0.2, 0.25) is 0 Å². The van der Waals surface area contributed by atoms with Crippen molar-refractivity contribution in [3.63, 3.8) is 0 Å². The van der Waals surface area contributed by atoms with Crippen LogP contribution in [0.4, 0.5) is 5.69 Å². The van der Waals surface area contributed by atoms with Crippen molar-refractivity contribution in [2.24, 2.45) is 0 Å². The van der Waals surface area contributed by atoms with Gasteiger partial charge in [0.2, 0.25) is 15.9 Å². The van der Waals surface area contributed by atoms with Crippen molar-refractivity contribution >= 4 is 21.6 Å². The lowest BCUT2D eigenvalue weighted by Crippen LogP contribution is -2.50. The van der Waals surface area contributed by atoms with Crippen LogP contribution >= 0.6 is 0 Å². The lowest BCUT2D eigenvalue weighted by molar-refractivity contribution is -0.117. The van der Waals surface area contributed by atoms with E-state index < -0.39 is 10.0 Å². The van der Waals surface area contributed by atoms with Crippen molar-refractivity contribution in [2.45, 2.75) is 19.6 Å². The number of nitrogens with one attached hydrogen (secondary N) is 1. The molecule has 1 amide bonds. The highest BCUT2D eigenvalue weighted by molar-refractivity contribution is 7.88. The van der Waals surface area contributed by atoms with Crippen LogP contribution in [0.15, 0.2) is 48.5 Å². The molecule has 1 saturated heterocycles. The van der Waals surface area contributed by atoms with E-state index in [9.17, 15) is 13.2 Å². The third kappa shape index (κ3) is 5.64. The Morgan fingerprint density at radius 1 is 0.964 bits per heavy atom. The minimum atomic E-state index is -3.34. The monoisotopic (exact) mass is 401 g/mol. The second kappa shape index (κ2) is 8.86. The number of aryl methyl sites for hydroxylation is 2. The van der Waals surface area contributed by atoms with Crippen molar-refractivity contribution in [1.29, 1.82) is 0 Å². The summed E-state index contributed by atoms with van der Waals surface area (Å²) in [6.07, 6.45) is 0. The molecular weight excluding hydrogens is 374 g/mol. The fourth-order valence-electron chi connectivity index (χ4n) is 3.49. The molecule has 6 nitrogen and oxygen atoms in total. The van der Waals surface area contributed by atoms with E-state index >= 15 is 0 Å². The lowest BCUT2D eigenvalue weighted by Gasteiger charge is -2.33. The molecule has 1 fully saturated rings. The van der Waals surface area contributed by atoms with Crippen LogP contribution < -0.4 is 5.32 Å². The molecular formula is C21H27N3O3S. The van der Waals surface area contributed by atoms with Crippen LogP contribution in [0, 0.1) is 13.8 Å². The Labute approximate surface area is 167 Å². The molecule has 28 heavy (non-hydrogen) atoms. The third-order valence-electron chi connectivity index (χ3n) is 4.79. The zero-order chi connectivity index (χ0) is 20.1. The van der Waals surface area contributed by atoms with Crippen molar-refractivity contribution in [1.82, 2.24) is 9.21 Å². The van der Waals surface area contributed by atoms with Gasteiger partial charge in [0.25, 0.3) is 0 Å². The van der Waals surface area contributed by atoms with Gasteiger partial charge >= 0.3 is 0 Å². The van der Waals surface area contributed by atoms with Crippen molar-refractivity contribution < 1.29 is 13.2 Å². The maximum absolute atomic E-state index is 12.6.